The molecule has 2 saturated heterocycles. The molecule has 6 heteroatoms. The van der Waals surface area contributed by atoms with Gasteiger partial charge in [-0.3, -0.25) is 0 Å². The van der Waals surface area contributed by atoms with E-state index in [1.165, 1.54) is 31.4 Å². The maximum atomic E-state index is 4.80. The minimum atomic E-state index is 0.597. The van der Waals surface area contributed by atoms with Crippen LogP contribution in [0.3, 0.4) is 0 Å². The summed E-state index contributed by atoms with van der Waals surface area (Å²) in [6, 6.07) is 11.3. The number of likely N-dealkylation sites (N-methyl/N-ethyl adjacent to an activating group) is 1. The summed E-state index contributed by atoms with van der Waals surface area (Å²) in [5.74, 6) is 1.71. The van der Waals surface area contributed by atoms with Crippen LogP contribution >= 0.6 is 0 Å². The van der Waals surface area contributed by atoms with Crippen LogP contribution in [0.2, 0.25) is 0 Å². The lowest BCUT2D eigenvalue weighted by molar-refractivity contribution is 0.313. The highest BCUT2D eigenvalue weighted by Gasteiger charge is 2.22. The Bertz CT molecular complexity index is 754. The molecule has 1 aromatic carbocycles. The Morgan fingerprint density at radius 1 is 1.00 bits per heavy atom. The van der Waals surface area contributed by atoms with Gasteiger partial charge in [0.05, 0.1) is 0 Å². The number of piperazine rings is 1. The number of nitrogens with one attached hydrogen (secondary N) is 1. The Morgan fingerprint density at radius 3 is 2.54 bits per heavy atom. The first-order valence-electron chi connectivity index (χ1n) is 10.6. The summed E-state index contributed by atoms with van der Waals surface area (Å²) in [7, 11) is 2.19. The minimum absolute atomic E-state index is 0.597. The molecule has 4 rings (SSSR count). The van der Waals surface area contributed by atoms with Crippen molar-refractivity contribution < 1.29 is 0 Å². The molecule has 0 bridgehead atoms. The fourth-order valence-electron chi connectivity index (χ4n) is 4.25. The van der Waals surface area contributed by atoms with E-state index in [1.54, 1.807) is 0 Å². The van der Waals surface area contributed by atoms with E-state index in [9.17, 15) is 0 Å². The highest BCUT2D eigenvalue weighted by Crippen LogP contribution is 2.26. The van der Waals surface area contributed by atoms with Crippen LogP contribution in [0.1, 0.15) is 32.6 Å². The molecular formula is C22H32N6. The number of hydrogen-bond acceptors (Lipinski definition) is 6. The van der Waals surface area contributed by atoms with Gasteiger partial charge in [0.25, 0.3) is 0 Å². The molecule has 0 amide bonds. The second kappa shape index (κ2) is 8.78. The van der Waals surface area contributed by atoms with E-state index in [1.807, 2.05) is 12.3 Å². The smallest absolute Gasteiger partial charge is 0.229 e. The molecule has 28 heavy (non-hydrogen) atoms. The van der Waals surface area contributed by atoms with Crippen LogP contribution in [0, 0.1) is 0 Å². The predicted octanol–water partition coefficient (Wildman–Crippen LogP) is 3.74. The third kappa shape index (κ3) is 4.38. The first-order chi connectivity index (χ1) is 13.7. The Morgan fingerprint density at radius 2 is 1.79 bits per heavy atom. The SMILES string of the molecule is CCC1CCCCN1c1ccnc(Nc2ccc(N3CCN(C)CC3)cc2)n1. The Hall–Kier alpha value is -2.34. The van der Waals surface area contributed by atoms with Crippen LogP contribution in [-0.4, -0.2) is 60.7 Å². The zero-order valence-electron chi connectivity index (χ0n) is 17.1. The minimum Gasteiger partial charge on any atom is -0.369 e. The molecule has 1 aromatic heterocycles. The Balaban J connectivity index is 1.43. The van der Waals surface area contributed by atoms with Crippen LogP contribution in [-0.2, 0) is 0 Å². The fraction of sp³-hybridized carbons (Fsp3) is 0.545. The van der Waals surface area contributed by atoms with Gasteiger partial charge in [0, 0.05) is 56.3 Å². The van der Waals surface area contributed by atoms with Gasteiger partial charge < -0.3 is 20.0 Å². The number of rotatable bonds is 5. The molecule has 1 atom stereocenters. The molecule has 150 valence electrons. The van der Waals surface area contributed by atoms with E-state index >= 15 is 0 Å². The van der Waals surface area contributed by atoms with E-state index in [0.29, 0.717) is 12.0 Å². The molecule has 0 saturated carbocycles. The van der Waals surface area contributed by atoms with Gasteiger partial charge in [0.2, 0.25) is 5.95 Å². The van der Waals surface area contributed by atoms with Crippen molar-refractivity contribution in [3.8, 4) is 0 Å². The zero-order chi connectivity index (χ0) is 19.3. The highest BCUT2D eigenvalue weighted by atomic mass is 15.3. The Labute approximate surface area is 168 Å². The van der Waals surface area contributed by atoms with Crippen molar-refractivity contribution in [2.45, 2.75) is 38.6 Å². The molecule has 6 nitrogen and oxygen atoms in total. The highest BCUT2D eigenvalue weighted by molar-refractivity contribution is 5.60. The lowest BCUT2D eigenvalue weighted by Crippen LogP contribution is -2.44. The molecule has 1 N–H and O–H groups in total. The summed E-state index contributed by atoms with van der Waals surface area (Å²) in [4.78, 5) is 16.5. The summed E-state index contributed by atoms with van der Waals surface area (Å²) in [5, 5.41) is 3.38. The van der Waals surface area contributed by atoms with Crippen molar-refractivity contribution in [2.75, 3.05) is 54.9 Å². The van der Waals surface area contributed by atoms with Crippen molar-refractivity contribution in [3.05, 3.63) is 36.5 Å². The second-order valence-corrected chi connectivity index (χ2v) is 7.95. The first kappa shape index (κ1) is 19.0. The van der Waals surface area contributed by atoms with Crippen molar-refractivity contribution in [3.63, 3.8) is 0 Å². The van der Waals surface area contributed by atoms with E-state index in [4.69, 9.17) is 4.98 Å². The summed E-state index contributed by atoms with van der Waals surface area (Å²) in [6.07, 6.45) is 6.87. The molecule has 0 radical (unpaired) electrons. The molecule has 2 fully saturated rings. The number of piperidine rings is 1. The molecular weight excluding hydrogens is 348 g/mol. The largest absolute Gasteiger partial charge is 0.369 e. The average Bonchev–Trinajstić information content (AvgIpc) is 2.75. The van der Waals surface area contributed by atoms with Crippen LogP contribution < -0.4 is 15.1 Å². The van der Waals surface area contributed by atoms with Gasteiger partial charge in [-0.05, 0) is 63.1 Å². The lowest BCUT2D eigenvalue weighted by Gasteiger charge is -2.36. The van der Waals surface area contributed by atoms with Gasteiger partial charge in [-0.15, -0.1) is 0 Å². The van der Waals surface area contributed by atoms with Gasteiger partial charge in [-0.2, -0.15) is 4.98 Å². The third-order valence-electron chi connectivity index (χ3n) is 6.03. The van der Waals surface area contributed by atoms with E-state index in [-0.39, 0.29) is 0 Å². The van der Waals surface area contributed by atoms with Crippen molar-refractivity contribution in [1.29, 1.82) is 0 Å². The molecule has 0 spiro atoms. The zero-order valence-corrected chi connectivity index (χ0v) is 17.1. The maximum Gasteiger partial charge on any atom is 0.229 e. The number of aromatic nitrogens is 2. The topological polar surface area (TPSA) is 47.5 Å². The molecule has 2 aliphatic rings. The monoisotopic (exact) mass is 380 g/mol. The first-order valence-corrected chi connectivity index (χ1v) is 10.6. The molecule has 1 unspecified atom stereocenters. The standard InChI is InChI=1S/C22H32N6/c1-3-19-6-4-5-13-28(19)21-11-12-23-22(25-21)24-18-7-9-20(10-8-18)27-16-14-26(2)15-17-27/h7-12,19H,3-6,13-17H2,1-2H3,(H,23,24,25). The molecule has 2 aliphatic heterocycles. The van der Waals surface area contributed by atoms with E-state index in [0.717, 1.165) is 44.2 Å². The van der Waals surface area contributed by atoms with Gasteiger partial charge in [-0.25, -0.2) is 4.98 Å². The summed E-state index contributed by atoms with van der Waals surface area (Å²) in [5.41, 5.74) is 2.31. The quantitative estimate of drug-likeness (QED) is 0.853. The number of benzene rings is 1. The normalized spacial score (nSPS) is 21.0. The van der Waals surface area contributed by atoms with Gasteiger partial charge >= 0.3 is 0 Å². The summed E-state index contributed by atoms with van der Waals surface area (Å²) >= 11 is 0. The van der Waals surface area contributed by atoms with E-state index < -0.39 is 0 Å². The number of hydrogen-bond donors (Lipinski definition) is 1. The van der Waals surface area contributed by atoms with Crippen molar-refractivity contribution >= 4 is 23.1 Å². The summed E-state index contributed by atoms with van der Waals surface area (Å²) < 4.78 is 0. The van der Waals surface area contributed by atoms with Crippen LogP contribution in [0.25, 0.3) is 0 Å². The third-order valence-corrected chi connectivity index (χ3v) is 6.03. The maximum absolute atomic E-state index is 4.80. The molecule has 2 aromatic rings. The van der Waals surface area contributed by atoms with Crippen molar-refractivity contribution in [1.82, 2.24) is 14.9 Å². The van der Waals surface area contributed by atoms with E-state index in [2.05, 4.69) is 63.2 Å². The molecule has 0 aliphatic carbocycles. The van der Waals surface area contributed by atoms with Crippen LogP contribution in [0.5, 0.6) is 0 Å². The average molecular weight is 381 g/mol. The second-order valence-electron chi connectivity index (χ2n) is 7.95. The molecule has 3 heterocycles. The van der Waals surface area contributed by atoms with Crippen LogP contribution in [0.4, 0.5) is 23.1 Å². The van der Waals surface area contributed by atoms with Gasteiger partial charge in [0.1, 0.15) is 5.82 Å². The summed E-state index contributed by atoms with van der Waals surface area (Å²) in [6.45, 7) is 7.78. The number of nitrogens with zero attached hydrogens (tertiary/aromatic N) is 5. The van der Waals surface area contributed by atoms with Crippen molar-refractivity contribution in [2.24, 2.45) is 0 Å². The predicted molar refractivity (Wildman–Crippen MR) is 117 cm³/mol. The van der Waals surface area contributed by atoms with Gasteiger partial charge in [0.15, 0.2) is 0 Å². The van der Waals surface area contributed by atoms with Crippen LogP contribution in [0.15, 0.2) is 36.5 Å². The fourth-order valence-corrected chi connectivity index (χ4v) is 4.25. The van der Waals surface area contributed by atoms with Gasteiger partial charge in [-0.1, -0.05) is 6.92 Å². The number of anilines is 4. The Kier molecular flexibility index (Phi) is 5.95. The lowest BCUT2D eigenvalue weighted by atomic mass is 10.0.